The van der Waals surface area contributed by atoms with Gasteiger partial charge in [0.1, 0.15) is 6.61 Å². The molecule has 0 radical (unpaired) electrons. The summed E-state index contributed by atoms with van der Waals surface area (Å²) in [4.78, 5) is 9.12. The molecule has 0 aliphatic heterocycles. The Morgan fingerprint density at radius 1 is 1.50 bits per heavy atom. The summed E-state index contributed by atoms with van der Waals surface area (Å²) in [7, 11) is 1.80. The summed E-state index contributed by atoms with van der Waals surface area (Å²) in [5.41, 5.74) is 0. The fraction of sp³-hybridized carbons (Fsp3) is 0.800. The highest BCUT2D eigenvalue weighted by molar-refractivity contribution is 5.67. The van der Waals surface area contributed by atoms with Gasteiger partial charge in [0.25, 0.3) is 0 Å². The van der Waals surface area contributed by atoms with Gasteiger partial charge < -0.3 is 20.6 Å². The van der Waals surface area contributed by atoms with Gasteiger partial charge in [0.15, 0.2) is 0 Å². The summed E-state index contributed by atoms with van der Waals surface area (Å²) >= 11 is 0. The van der Waals surface area contributed by atoms with Crippen LogP contribution in [0.5, 0.6) is 0 Å². The lowest BCUT2D eigenvalue weighted by molar-refractivity contribution is -0.140. The van der Waals surface area contributed by atoms with Crippen LogP contribution in [-0.4, -0.2) is 48.1 Å². The lowest BCUT2D eigenvalue weighted by Crippen LogP contribution is -2.10. The molecule has 0 fully saturated rings. The minimum Gasteiger partial charge on any atom is -0.480 e. The molecule has 0 bridgehead atoms. The third kappa shape index (κ3) is 26.4. The first-order valence-electron chi connectivity index (χ1n) is 2.77. The van der Waals surface area contributed by atoms with Gasteiger partial charge in [-0.15, -0.1) is 0 Å². The topological polar surface area (TPSA) is 89.8 Å². The zero-order valence-electron chi connectivity index (χ0n) is 5.87. The third-order valence-corrected chi connectivity index (χ3v) is 0.497. The zero-order valence-corrected chi connectivity index (χ0v) is 5.87. The van der Waals surface area contributed by atoms with E-state index < -0.39 is 12.6 Å². The van der Waals surface area contributed by atoms with E-state index >= 15 is 0 Å². The minimum absolute atomic E-state index is 0.233. The van der Waals surface area contributed by atoms with E-state index in [4.69, 9.17) is 20.1 Å². The van der Waals surface area contributed by atoms with E-state index in [2.05, 4.69) is 5.32 Å². The fourth-order valence-electron chi connectivity index (χ4n) is 0.112. The average molecular weight is 151 g/mol. The van der Waals surface area contributed by atoms with Crippen LogP contribution >= 0.6 is 0 Å². The van der Waals surface area contributed by atoms with Crippen molar-refractivity contribution in [3.63, 3.8) is 0 Å². The van der Waals surface area contributed by atoms with Gasteiger partial charge in [-0.05, 0) is 7.05 Å². The van der Waals surface area contributed by atoms with Crippen LogP contribution in [-0.2, 0) is 4.79 Å². The van der Waals surface area contributed by atoms with Gasteiger partial charge in [-0.25, -0.2) is 4.79 Å². The number of likely N-dealkylation sites (N-methyl/N-ethyl adjacent to an activating group) is 1. The maximum absolute atomic E-state index is 9.12. The molecule has 0 atom stereocenters. The van der Waals surface area contributed by atoms with Crippen LogP contribution in [0.15, 0.2) is 0 Å². The average Bonchev–Trinajstić information content (AvgIpc) is 1.91. The number of aliphatic carboxylic acids is 1. The summed E-state index contributed by atoms with van der Waals surface area (Å²) in [5, 5.41) is 25.8. The summed E-state index contributed by atoms with van der Waals surface area (Å²) in [5.74, 6) is -1.19. The number of carbonyl (C=O) groups is 1. The number of carboxylic acids is 1. The summed E-state index contributed by atoms with van der Waals surface area (Å²) in [6.07, 6.45) is 0. The van der Waals surface area contributed by atoms with Gasteiger partial charge in [-0.3, -0.25) is 0 Å². The second kappa shape index (κ2) is 11.2. The number of aliphatic hydroxyl groups is 2. The molecule has 0 aliphatic carbocycles. The standard InChI is InChI=1S/C3H9NO.C2H4O3/c1-4-2-3-5;3-1-2(4)5/h4-5H,2-3H2,1H3;3H,1H2,(H,4,5). The van der Waals surface area contributed by atoms with E-state index in [1.54, 1.807) is 7.05 Å². The molecule has 0 spiro atoms. The molecule has 0 amide bonds. The SMILES string of the molecule is CNCCO.O=C(O)CO. The largest absolute Gasteiger partial charge is 0.480 e. The van der Waals surface area contributed by atoms with E-state index in [-0.39, 0.29) is 6.61 Å². The molecular formula is C5H13NO4. The predicted molar refractivity (Wildman–Crippen MR) is 35.7 cm³/mol. The Bertz CT molecular complexity index is 74.0. The molecule has 62 valence electrons. The maximum Gasteiger partial charge on any atom is 0.329 e. The van der Waals surface area contributed by atoms with Crippen molar-refractivity contribution in [1.82, 2.24) is 5.32 Å². The second-order valence-electron chi connectivity index (χ2n) is 1.38. The summed E-state index contributed by atoms with van der Waals surface area (Å²) in [6, 6.07) is 0. The van der Waals surface area contributed by atoms with Crippen LogP contribution < -0.4 is 5.32 Å². The molecule has 0 saturated carbocycles. The number of hydrogen-bond donors (Lipinski definition) is 4. The van der Waals surface area contributed by atoms with Crippen molar-refractivity contribution >= 4 is 5.97 Å². The van der Waals surface area contributed by atoms with Gasteiger partial charge in [-0.2, -0.15) is 0 Å². The molecule has 0 rings (SSSR count). The van der Waals surface area contributed by atoms with E-state index in [9.17, 15) is 0 Å². The lowest BCUT2D eigenvalue weighted by atomic mass is 10.7. The molecule has 0 aromatic carbocycles. The lowest BCUT2D eigenvalue weighted by Gasteiger charge is -1.84. The maximum atomic E-state index is 9.12. The van der Waals surface area contributed by atoms with Gasteiger partial charge in [0.05, 0.1) is 6.61 Å². The van der Waals surface area contributed by atoms with Crippen LogP contribution in [0.25, 0.3) is 0 Å². The number of nitrogens with one attached hydrogen (secondary N) is 1. The van der Waals surface area contributed by atoms with Crippen molar-refractivity contribution in [2.75, 3.05) is 26.8 Å². The van der Waals surface area contributed by atoms with Gasteiger partial charge in [0, 0.05) is 6.54 Å². The molecular weight excluding hydrogens is 138 g/mol. The van der Waals surface area contributed by atoms with Crippen LogP contribution in [0.3, 0.4) is 0 Å². The highest BCUT2D eigenvalue weighted by atomic mass is 16.4. The third-order valence-electron chi connectivity index (χ3n) is 0.497. The van der Waals surface area contributed by atoms with Crippen molar-refractivity contribution in [1.29, 1.82) is 0 Å². The molecule has 5 heteroatoms. The van der Waals surface area contributed by atoms with Crippen molar-refractivity contribution in [3.05, 3.63) is 0 Å². The molecule has 4 N–H and O–H groups in total. The molecule has 0 unspecified atom stereocenters. The van der Waals surface area contributed by atoms with Crippen molar-refractivity contribution in [2.24, 2.45) is 0 Å². The monoisotopic (exact) mass is 151 g/mol. The molecule has 0 aromatic heterocycles. The normalized spacial score (nSPS) is 7.90. The molecule has 0 saturated heterocycles. The Kier molecular flexibility index (Phi) is 13.5. The smallest absolute Gasteiger partial charge is 0.329 e. The molecule has 5 nitrogen and oxygen atoms in total. The van der Waals surface area contributed by atoms with E-state index in [1.165, 1.54) is 0 Å². The van der Waals surface area contributed by atoms with E-state index in [0.717, 1.165) is 0 Å². The molecule has 0 aliphatic rings. The predicted octanol–water partition coefficient (Wildman–Crippen LogP) is -1.74. The van der Waals surface area contributed by atoms with Gasteiger partial charge in [-0.1, -0.05) is 0 Å². The number of hydrogen-bond acceptors (Lipinski definition) is 4. The van der Waals surface area contributed by atoms with E-state index in [1.807, 2.05) is 0 Å². The number of carboxylic acid groups (broad SMARTS) is 1. The number of rotatable bonds is 3. The van der Waals surface area contributed by atoms with Gasteiger partial charge in [0.2, 0.25) is 0 Å². The van der Waals surface area contributed by atoms with Gasteiger partial charge >= 0.3 is 5.97 Å². The zero-order chi connectivity index (χ0) is 8.41. The Morgan fingerprint density at radius 3 is 1.90 bits per heavy atom. The highest BCUT2D eigenvalue weighted by Gasteiger charge is 1.82. The molecule has 10 heavy (non-hydrogen) atoms. The number of aliphatic hydroxyl groups excluding tert-OH is 2. The van der Waals surface area contributed by atoms with Crippen LogP contribution in [0, 0.1) is 0 Å². The highest BCUT2D eigenvalue weighted by Crippen LogP contribution is 1.48. The Hall–Kier alpha value is -0.650. The van der Waals surface area contributed by atoms with Crippen molar-refractivity contribution < 1.29 is 20.1 Å². The molecule has 0 heterocycles. The summed E-state index contributed by atoms with van der Waals surface area (Å²) in [6.45, 7) is 0.149. The summed E-state index contributed by atoms with van der Waals surface area (Å²) < 4.78 is 0. The van der Waals surface area contributed by atoms with Crippen LogP contribution in [0.2, 0.25) is 0 Å². The quantitative estimate of drug-likeness (QED) is 0.384. The Balaban J connectivity index is 0. The minimum atomic E-state index is -1.19. The van der Waals surface area contributed by atoms with Crippen molar-refractivity contribution in [2.45, 2.75) is 0 Å². The Labute approximate surface area is 59.3 Å². The Morgan fingerprint density at radius 2 is 1.90 bits per heavy atom. The van der Waals surface area contributed by atoms with E-state index in [0.29, 0.717) is 6.54 Å². The van der Waals surface area contributed by atoms with Crippen LogP contribution in [0.4, 0.5) is 0 Å². The first-order valence-corrected chi connectivity index (χ1v) is 2.77. The molecule has 0 aromatic rings. The first-order chi connectivity index (χ1) is 4.68. The fourth-order valence-corrected chi connectivity index (χ4v) is 0.112. The van der Waals surface area contributed by atoms with Crippen LogP contribution in [0.1, 0.15) is 0 Å². The van der Waals surface area contributed by atoms with Crippen molar-refractivity contribution in [3.8, 4) is 0 Å². The second-order valence-corrected chi connectivity index (χ2v) is 1.38. The first kappa shape index (κ1) is 12.1.